The van der Waals surface area contributed by atoms with Gasteiger partial charge < -0.3 is 10.4 Å². The van der Waals surface area contributed by atoms with E-state index < -0.39 is 11.8 Å². The van der Waals surface area contributed by atoms with E-state index in [4.69, 9.17) is 5.11 Å². The largest absolute Gasteiger partial charge is 0.478 e. The molecule has 2 unspecified atom stereocenters. The predicted molar refractivity (Wildman–Crippen MR) is 65.9 cm³/mol. The van der Waals surface area contributed by atoms with Crippen molar-refractivity contribution in [2.45, 2.75) is 33.2 Å². The first-order valence-corrected chi connectivity index (χ1v) is 5.75. The van der Waals surface area contributed by atoms with Gasteiger partial charge in [0.25, 0.3) is 0 Å². The molecule has 3 nitrogen and oxygen atoms in total. The predicted octanol–water partition coefficient (Wildman–Crippen LogP) is 3.37. The summed E-state index contributed by atoms with van der Waals surface area (Å²) in [6.45, 7) is 6.15. The molecule has 0 aliphatic rings. The van der Waals surface area contributed by atoms with E-state index in [2.05, 4.69) is 19.2 Å². The summed E-state index contributed by atoms with van der Waals surface area (Å²) in [5.41, 5.74) is 0.437. The first kappa shape index (κ1) is 13.5. The minimum atomic E-state index is -1.12. The molecular weight excluding hydrogens is 221 g/mol. The Balaban J connectivity index is 2.94. The Morgan fingerprint density at radius 2 is 2.12 bits per heavy atom. The van der Waals surface area contributed by atoms with Crippen molar-refractivity contribution in [3.63, 3.8) is 0 Å². The highest BCUT2D eigenvalue weighted by Crippen LogP contribution is 2.20. The molecule has 0 radical (unpaired) electrons. The van der Waals surface area contributed by atoms with Crippen LogP contribution in [0.2, 0.25) is 0 Å². The molecule has 1 aromatic carbocycles. The van der Waals surface area contributed by atoms with Crippen LogP contribution in [-0.2, 0) is 0 Å². The van der Waals surface area contributed by atoms with Crippen molar-refractivity contribution < 1.29 is 14.3 Å². The van der Waals surface area contributed by atoms with Crippen molar-refractivity contribution in [1.29, 1.82) is 0 Å². The van der Waals surface area contributed by atoms with Crippen LogP contribution in [0.15, 0.2) is 18.2 Å². The lowest BCUT2D eigenvalue weighted by atomic mass is 10.00. The van der Waals surface area contributed by atoms with Crippen LogP contribution in [0.3, 0.4) is 0 Å². The fraction of sp³-hybridized carbons (Fsp3) is 0.462. The summed E-state index contributed by atoms with van der Waals surface area (Å²) in [5, 5.41) is 12.1. The number of hydrogen-bond donors (Lipinski definition) is 2. The summed E-state index contributed by atoms with van der Waals surface area (Å²) in [6.07, 6.45) is 0.998. The Hall–Kier alpha value is -1.58. The molecule has 0 fully saturated rings. The smallest absolute Gasteiger partial charge is 0.337 e. The molecule has 0 saturated carbocycles. The highest BCUT2D eigenvalue weighted by atomic mass is 19.1. The zero-order valence-corrected chi connectivity index (χ0v) is 10.3. The summed E-state index contributed by atoms with van der Waals surface area (Å²) >= 11 is 0. The molecule has 2 atom stereocenters. The van der Waals surface area contributed by atoms with Crippen LogP contribution in [0.1, 0.15) is 37.6 Å². The van der Waals surface area contributed by atoms with Gasteiger partial charge in [-0.3, -0.25) is 0 Å². The summed E-state index contributed by atoms with van der Waals surface area (Å²) in [6, 6.07) is 3.91. The quantitative estimate of drug-likeness (QED) is 0.828. The average Bonchev–Trinajstić information content (AvgIpc) is 2.29. The van der Waals surface area contributed by atoms with Gasteiger partial charge in [-0.25, -0.2) is 9.18 Å². The molecule has 2 N–H and O–H groups in total. The minimum absolute atomic E-state index is 0.0276. The molecule has 0 aliphatic heterocycles. The second-order valence-corrected chi connectivity index (χ2v) is 4.31. The summed E-state index contributed by atoms with van der Waals surface area (Å²) in [7, 11) is 0. The normalized spacial score (nSPS) is 14.1. The van der Waals surface area contributed by atoms with Crippen molar-refractivity contribution in [3.8, 4) is 0 Å². The Labute approximate surface area is 101 Å². The van der Waals surface area contributed by atoms with Crippen LogP contribution in [0.4, 0.5) is 10.1 Å². The molecule has 0 aromatic heterocycles. The van der Waals surface area contributed by atoms with E-state index in [9.17, 15) is 9.18 Å². The third kappa shape index (κ3) is 3.44. The molecule has 0 spiro atoms. The molecule has 4 heteroatoms. The number of hydrogen-bond acceptors (Lipinski definition) is 2. The summed E-state index contributed by atoms with van der Waals surface area (Å²) < 4.78 is 13.0. The zero-order chi connectivity index (χ0) is 13.0. The number of nitrogens with one attached hydrogen (secondary N) is 1. The molecule has 17 heavy (non-hydrogen) atoms. The van der Waals surface area contributed by atoms with Crippen LogP contribution in [0.25, 0.3) is 0 Å². The number of carbonyl (C=O) groups is 1. The maximum absolute atomic E-state index is 13.0. The number of carboxylic acids is 1. The van der Waals surface area contributed by atoms with E-state index in [0.717, 1.165) is 12.5 Å². The maximum Gasteiger partial charge on any atom is 0.337 e. The highest BCUT2D eigenvalue weighted by Gasteiger charge is 2.15. The van der Waals surface area contributed by atoms with Crippen LogP contribution >= 0.6 is 0 Å². The summed E-state index contributed by atoms with van der Waals surface area (Å²) in [5.74, 6) is -1.24. The number of rotatable bonds is 5. The van der Waals surface area contributed by atoms with E-state index in [1.54, 1.807) is 0 Å². The number of benzene rings is 1. The van der Waals surface area contributed by atoms with Gasteiger partial charge in [-0.05, 0) is 31.0 Å². The van der Waals surface area contributed by atoms with Gasteiger partial charge >= 0.3 is 5.97 Å². The SMILES string of the molecule is CCC(C)C(C)Nc1ccc(F)cc1C(=O)O. The Kier molecular flexibility index (Phi) is 4.49. The van der Waals surface area contributed by atoms with Gasteiger partial charge in [0.15, 0.2) is 0 Å². The Morgan fingerprint density at radius 1 is 1.47 bits per heavy atom. The molecular formula is C13H18FNO2. The second-order valence-electron chi connectivity index (χ2n) is 4.31. The molecule has 0 saturated heterocycles. The van der Waals surface area contributed by atoms with E-state index in [1.807, 2.05) is 6.92 Å². The number of aromatic carboxylic acids is 1. The topological polar surface area (TPSA) is 49.3 Å². The lowest BCUT2D eigenvalue weighted by Gasteiger charge is -2.22. The van der Waals surface area contributed by atoms with Crippen molar-refractivity contribution >= 4 is 11.7 Å². The Bertz CT molecular complexity index is 406. The standard InChI is InChI=1S/C13H18FNO2/c1-4-8(2)9(3)15-12-6-5-10(14)7-11(12)13(16)17/h5-9,15H,4H2,1-3H3,(H,16,17). The third-order valence-electron chi connectivity index (χ3n) is 3.09. The van der Waals surface area contributed by atoms with Gasteiger partial charge in [0.2, 0.25) is 0 Å². The molecule has 0 bridgehead atoms. The maximum atomic E-state index is 13.0. The summed E-state index contributed by atoms with van der Waals surface area (Å²) in [4.78, 5) is 11.0. The zero-order valence-electron chi connectivity index (χ0n) is 10.3. The van der Waals surface area contributed by atoms with Gasteiger partial charge in [0, 0.05) is 11.7 Å². The van der Waals surface area contributed by atoms with Crippen molar-refractivity contribution in [2.24, 2.45) is 5.92 Å². The van der Waals surface area contributed by atoms with Crippen molar-refractivity contribution in [1.82, 2.24) is 0 Å². The number of anilines is 1. The minimum Gasteiger partial charge on any atom is -0.478 e. The molecule has 0 heterocycles. The fourth-order valence-electron chi connectivity index (χ4n) is 1.56. The number of carboxylic acid groups (broad SMARTS) is 1. The molecule has 1 aromatic rings. The van der Waals surface area contributed by atoms with Crippen molar-refractivity contribution in [2.75, 3.05) is 5.32 Å². The fourth-order valence-corrected chi connectivity index (χ4v) is 1.56. The third-order valence-corrected chi connectivity index (χ3v) is 3.09. The van der Waals surface area contributed by atoms with Gasteiger partial charge in [-0.1, -0.05) is 20.3 Å². The number of halogens is 1. The van der Waals surface area contributed by atoms with E-state index in [1.165, 1.54) is 12.1 Å². The Morgan fingerprint density at radius 3 is 2.65 bits per heavy atom. The first-order valence-electron chi connectivity index (χ1n) is 5.75. The van der Waals surface area contributed by atoms with Crippen LogP contribution in [0.5, 0.6) is 0 Å². The molecule has 1 rings (SSSR count). The van der Waals surface area contributed by atoms with E-state index >= 15 is 0 Å². The van der Waals surface area contributed by atoms with Gasteiger partial charge in [0.05, 0.1) is 5.56 Å². The highest BCUT2D eigenvalue weighted by molar-refractivity contribution is 5.94. The van der Waals surface area contributed by atoms with Gasteiger partial charge in [-0.15, -0.1) is 0 Å². The van der Waals surface area contributed by atoms with E-state index in [-0.39, 0.29) is 11.6 Å². The molecule has 0 amide bonds. The van der Waals surface area contributed by atoms with Crippen LogP contribution in [-0.4, -0.2) is 17.1 Å². The van der Waals surface area contributed by atoms with Gasteiger partial charge in [-0.2, -0.15) is 0 Å². The lowest BCUT2D eigenvalue weighted by Crippen LogP contribution is -2.24. The van der Waals surface area contributed by atoms with Crippen molar-refractivity contribution in [3.05, 3.63) is 29.6 Å². The molecule has 0 aliphatic carbocycles. The van der Waals surface area contributed by atoms with Crippen LogP contribution < -0.4 is 5.32 Å². The average molecular weight is 239 g/mol. The molecule has 94 valence electrons. The first-order chi connectivity index (χ1) is 7.95. The second kappa shape index (κ2) is 5.66. The van der Waals surface area contributed by atoms with E-state index in [0.29, 0.717) is 11.6 Å². The van der Waals surface area contributed by atoms with Gasteiger partial charge in [0.1, 0.15) is 5.82 Å². The lowest BCUT2D eigenvalue weighted by molar-refractivity contribution is 0.0697. The monoisotopic (exact) mass is 239 g/mol. The van der Waals surface area contributed by atoms with Crippen LogP contribution in [0, 0.1) is 11.7 Å².